The van der Waals surface area contributed by atoms with E-state index >= 15 is 0 Å². The van der Waals surface area contributed by atoms with Crippen LogP contribution in [-0.4, -0.2) is 31.5 Å². The van der Waals surface area contributed by atoms with Crippen LogP contribution in [0.3, 0.4) is 0 Å². The standard InChI is InChI=1S/C16H23N3O3/c17-9-11-22-14-7-5-13(6-8-14)19-15(20)2-1-10-18-16(21)12-3-4-12/h5-8,12H,1-4,9-11,17H2,(H,18,21)(H,19,20). The van der Waals surface area contributed by atoms with Crippen LogP contribution < -0.4 is 21.1 Å². The van der Waals surface area contributed by atoms with E-state index in [0.29, 0.717) is 32.5 Å². The highest BCUT2D eigenvalue weighted by molar-refractivity contribution is 5.90. The molecule has 1 aromatic carbocycles. The van der Waals surface area contributed by atoms with Crippen molar-refractivity contribution < 1.29 is 14.3 Å². The van der Waals surface area contributed by atoms with Gasteiger partial charge in [0.05, 0.1) is 0 Å². The van der Waals surface area contributed by atoms with Gasteiger partial charge in [-0.25, -0.2) is 0 Å². The predicted octanol–water partition coefficient (Wildman–Crippen LogP) is 1.27. The van der Waals surface area contributed by atoms with Crippen LogP contribution in [0.4, 0.5) is 5.69 Å². The van der Waals surface area contributed by atoms with Crippen LogP contribution in [0.25, 0.3) is 0 Å². The lowest BCUT2D eigenvalue weighted by molar-refractivity contribution is -0.122. The van der Waals surface area contributed by atoms with Crippen molar-refractivity contribution in [2.24, 2.45) is 11.7 Å². The van der Waals surface area contributed by atoms with E-state index < -0.39 is 0 Å². The minimum atomic E-state index is -0.0590. The number of nitrogens with one attached hydrogen (secondary N) is 2. The number of amides is 2. The molecule has 120 valence electrons. The number of benzene rings is 1. The lowest BCUT2D eigenvalue weighted by Crippen LogP contribution is -2.26. The van der Waals surface area contributed by atoms with Gasteiger partial charge in [0.1, 0.15) is 12.4 Å². The van der Waals surface area contributed by atoms with Gasteiger partial charge in [-0.15, -0.1) is 0 Å². The van der Waals surface area contributed by atoms with Gasteiger partial charge >= 0.3 is 0 Å². The molecule has 0 spiro atoms. The summed E-state index contributed by atoms with van der Waals surface area (Å²) in [5.74, 6) is 1.00. The Morgan fingerprint density at radius 1 is 1.23 bits per heavy atom. The zero-order chi connectivity index (χ0) is 15.8. The van der Waals surface area contributed by atoms with Crippen molar-refractivity contribution in [3.05, 3.63) is 24.3 Å². The monoisotopic (exact) mass is 305 g/mol. The molecule has 0 unspecified atom stereocenters. The third-order valence-electron chi connectivity index (χ3n) is 3.35. The van der Waals surface area contributed by atoms with Crippen molar-refractivity contribution in [2.45, 2.75) is 25.7 Å². The molecule has 2 rings (SSSR count). The fraction of sp³-hybridized carbons (Fsp3) is 0.500. The van der Waals surface area contributed by atoms with Crippen LogP contribution in [0.15, 0.2) is 24.3 Å². The van der Waals surface area contributed by atoms with E-state index in [4.69, 9.17) is 10.5 Å². The van der Waals surface area contributed by atoms with Crippen molar-refractivity contribution >= 4 is 17.5 Å². The summed E-state index contributed by atoms with van der Waals surface area (Å²) in [6.07, 6.45) is 3.02. The number of hydrogen-bond donors (Lipinski definition) is 3. The van der Waals surface area contributed by atoms with Gasteiger partial charge in [-0.1, -0.05) is 0 Å². The molecule has 4 N–H and O–H groups in total. The summed E-state index contributed by atoms with van der Waals surface area (Å²) in [7, 11) is 0. The van der Waals surface area contributed by atoms with Gasteiger partial charge in [0.25, 0.3) is 0 Å². The summed E-state index contributed by atoms with van der Waals surface area (Å²) in [6.45, 7) is 1.49. The van der Waals surface area contributed by atoms with Gasteiger partial charge in [0.2, 0.25) is 11.8 Å². The Hall–Kier alpha value is -2.08. The Balaban J connectivity index is 1.62. The van der Waals surface area contributed by atoms with Crippen molar-refractivity contribution in [1.82, 2.24) is 5.32 Å². The van der Waals surface area contributed by atoms with E-state index in [2.05, 4.69) is 10.6 Å². The topological polar surface area (TPSA) is 93.4 Å². The minimum absolute atomic E-state index is 0.0590. The van der Waals surface area contributed by atoms with E-state index in [-0.39, 0.29) is 17.7 Å². The Morgan fingerprint density at radius 2 is 1.95 bits per heavy atom. The first-order valence-corrected chi connectivity index (χ1v) is 7.69. The molecule has 1 aliphatic rings. The zero-order valence-corrected chi connectivity index (χ0v) is 12.6. The third-order valence-corrected chi connectivity index (χ3v) is 3.35. The number of carbonyl (C=O) groups excluding carboxylic acids is 2. The number of hydrogen-bond acceptors (Lipinski definition) is 4. The fourth-order valence-corrected chi connectivity index (χ4v) is 1.99. The molecule has 1 fully saturated rings. The summed E-state index contributed by atoms with van der Waals surface area (Å²) in [6, 6.07) is 7.17. The Labute approximate surface area is 130 Å². The number of anilines is 1. The molecular weight excluding hydrogens is 282 g/mol. The number of rotatable bonds is 9. The molecule has 1 saturated carbocycles. The number of ether oxygens (including phenoxy) is 1. The lowest BCUT2D eigenvalue weighted by atomic mass is 10.2. The molecule has 6 nitrogen and oxygen atoms in total. The largest absolute Gasteiger partial charge is 0.492 e. The Bertz CT molecular complexity index is 498. The minimum Gasteiger partial charge on any atom is -0.492 e. The second kappa shape index (κ2) is 8.38. The number of nitrogens with two attached hydrogens (primary N) is 1. The van der Waals surface area contributed by atoms with Gasteiger partial charge in [-0.3, -0.25) is 9.59 Å². The maximum absolute atomic E-state index is 11.8. The second-order valence-corrected chi connectivity index (χ2v) is 5.38. The van der Waals surface area contributed by atoms with Crippen LogP contribution in [0.5, 0.6) is 5.75 Å². The van der Waals surface area contributed by atoms with Crippen molar-refractivity contribution in [1.29, 1.82) is 0 Å². The van der Waals surface area contributed by atoms with E-state index in [1.807, 2.05) is 0 Å². The molecule has 0 bridgehead atoms. The van der Waals surface area contributed by atoms with Crippen LogP contribution in [0, 0.1) is 5.92 Å². The van der Waals surface area contributed by atoms with E-state index in [0.717, 1.165) is 24.3 Å². The van der Waals surface area contributed by atoms with Crippen molar-refractivity contribution in [2.75, 3.05) is 25.0 Å². The van der Waals surface area contributed by atoms with Gasteiger partial charge < -0.3 is 21.1 Å². The molecule has 22 heavy (non-hydrogen) atoms. The summed E-state index contributed by atoms with van der Waals surface area (Å²) in [4.78, 5) is 23.2. The second-order valence-electron chi connectivity index (χ2n) is 5.38. The van der Waals surface area contributed by atoms with Gasteiger partial charge in [0, 0.05) is 31.1 Å². The van der Waals surface area contributed by atoms with Gasteiger partial charge in [-0.05, 0) is 43.5 Å². The summed E-state index contributed by atoms with van der Waals surface area (Å²) >= 11 is 0. The molecule has 1 aliphatic carbocycles. The molecule has 0 radical (unpaired) electrons. The SMILES string of the molecule is NCCOc1ccc(NC(=O)CCCNC(=O)C2CC2)cc1. The smallest absolute Gasteiger partial charge is 0.224 e. The fourth-order valence-electron chi connectivity index (χ4n) is 1.99. The zero-order valence-electron chi connectivity index (χ0n) is 12.6. The van der Waals surface area contributed by atoms with Gasteiger partial charge in [0.15, 0.2) is 0 Å². The molecule has 0 saturated heterocycles. The predicted molar refractivity (Wildman–Crippen MR) is 84.6 cm³/mol. The first-order chi connectivity index (χ1) is 10.7. The van der Waals surface area contributed by atoms with E-state index in [9.17, 15) is 9.59 Å². The maximum atomic E-state index is 11.8. The number of carbonyl (C=O) groups is 2. The summed E-state index contributed by atoms with van der Waals surface area (Å²) < 4.78 is 5.36. The molecule has 0 atom stereocenters. The molecule has 0 aliphatic heterocycles. The van der Waals surface area contributed by atoms with Gasteiger partial charge in [-0.2, -0.15) is 0 Å². The molecule has 1 aromatic rings. The summed E-state index contributed by atoms with van der Waals surface area (Å²) in [5, 5.41) is 5.66. The molecule has 6 heteroatoms. The van der Waals surface area contributed by atoms with E-state index in [1.54, 1.807) is 24.3 Å². The third kappa shape index (κ3) is 5.73. The van der Waals surface area contributed by atoms with Crippen LogP contribution in [0.1, 0.15) is 25.7 Å². The Kier molecular flexibility index (Phi) is 6.21. The highest BCUT2D eigenvalue weighted by Gasteiger charge is 2.28. The van der Waals surface area contributed by atoms with Crippen LogP contribution in [-0.2, 0) is 9.59 Å². The quantitative estimate of drug-likeness (QED) is 0.599. The van der Waals surface area contributed by atoms with Crippen LogP contribution >= 0.6 is 0 Å². The highest BCUT2D eigenvalue weighted by atomic mass is 16.5. The van der Waals surface area contributed by atoms with Crippen molar-refractivity contribution in [3.8, 4) is 5.75 Å². The van der Waals surface area contributed by atoms with Crippen molar-refractivity contribution in [3.63, 3.8) is 0 Å². The first kappa shape index (κ1) is 16.3. The normalized spacial score (nSPS) is 13.5. The molecular formula is C16H23N3O3. The first-order valence-electron chi connectivity index (χ1n) is 7.69. The maximum Gasteiger partial charge on any atom is 0.224 e. The lowest BCUT2D eigenvalue weighted by Gasteiger charge is -2.08. The molecule has 0 aromatic heterocycles. The molecule has 2 amide bonds. The van der Waals surface area contributed by atoms with E-state index in [1.165, 1.54) is 0 Å². The van der Waals surface area contributed by atoms with Crippen LogP contribution in [0.2, 0.25) is 0 Å². The Morgan fingerprint density at radius 3 is 2.59 bits per heavy atom. The highest BCUT2D eigenvalue weighted by Crippen LogP contribution is 2.28. The molecule has 0 heterocycles. The average molecular weight is 305 g/mol. The average Bonchev–Trinajstić information content (AvgIpc) is 3.35. The summed E-state index contributed by atoms with van der Waals surface area (Å²) in [5.41, 5.74) is 6.09.